The topological polar surface area (TPSA) is 0 Å². The summed E-state index contributed by atoms with van der Waals surface area (Å²) in [5, 5.41) is 0. The van der Waals surface area contributed by atoms with E-state index in [4.69, 9.17) is 0 Å². The number of benzene rings is 1. The van der Waals surface area contributed by atoms with Crippen LogP contribution in [0.15, 0.2) is 0 Å². The molecular formula is C8H6BF5. The molecule has 0 N–H and O–H groups in total. The van der Waals surface area contributed by atoms with Gasteiger partial charge >= 0.3 is 0 Å². The lowest BCUT2D eigenvalue weighted by Gasteiger charge is -2.10. The number of halogens is 5. The predicted octanol–water partition coefficient (Wildman–Crippen LogP) is 2.08. The Morgan fingerprint density at radius 3 is 1.36 bits per heavy atom. The Balaban J connectivity index is 3.60. The molecular weight excluding hydrogens is 202 g/mol. The van der Waals surface area contributed by atoms with E-state index >= 15 is 0 Å². The van der Waals surface area contributed by atoms with Crippen molar-refractivity contribution >= 4 is 7.85 Å². The first kappa shape index (κ1) is 11.0. The third-order valence-corrected chi connectivity index (χ3v) is 1.82. The number of rotatable bonds is 1. The summed E-state index contributed by atoms with van der Waals surface area (Å²) in [5.74, 6) is -10.2. The minimum Gasteiger partial charge on any atom is -0.203 e. The maximum Gasteiger partial charge on any atom is 0.200 e. The summed E-state index contributed by atoms with van der Waals surface area (Å²) in [4.78, 5) is 0. The summed E-state index contributed by atoms with van der Waals surface area (Å²) in [6.45, 7) is 1.35. The summed E-state index contributed by atoms with van der Waals surface area (Å²) < 4.78 is 63.6. The summed E-state index contributed by atoms with van der Waals surface area (Å²) in [5.41, 5.74) is -0.776. The van der Waals surface area contributed by atoms with Crippen molar-refractivity contribution in [2.45, 2.75) is 12.7 Å². The summed E-state index contributed by atoms with van der Waals surface area (Å²) in [6, 6.07) is 0. The van der Waals surface area contributed by atoms with E-state index in [1.165, 1.54) is 14.8 Å². The molecule has 1 unspecified atom stereocenters. The Labute approximate surface area is 78.1 Å². The van der Waals surface area contributed by atoms with E-state index in [2.05, 4.69) is 0 Å². The van der Waals surface area contributed by atoms with Crippen LogP contribution in [0.1, 0.15) is 18.3 Å². The lowest BCUT2D eigenvalue weighted by atomic mass is 9.82. The van der Waals surface area contributed by atoms with Crippen LogP contribution in [-0.2, 0) is 0 Å². The third kappa shape index (κ3) is 1.49. The molecule has 0 fully saturated rings. The molecule has 1 atom stereocenters. The van der Waals surface area contributed by atoms with Crippen molar-refractivity contribution in [3.8, 4) is 0 Å². The molecule has 0 spiro atoms. The minimum absolute atomic E-state index is 0.764. The van der Waals surface area contributed by atoms with E-state index in [0.717, 1.165) is 0 Å². The zero-order valence-electron chi connectivity index (χ0n) is 7.47. The van der Waals surface area contributed by atoms with E-state index in [1.807, 2.05) is 0 Å². The molecule has 6 heteroatoms. The van der Waals surface area contributed by atoms with Gasteiger partial charge in [-0.1, -0.05) is 6.92 Å². The van der Waals surface area contributed by atoms with Crippen molar-refractivity contribution in [3.63, 3.8) is 0 Å². The van der Waals surface area contributed by atoms with Crippen LogP contribution in [0.5, 0.6) is 0 Å². The molecule has 0 saturated carbocycles. The Kier molecular flexibility index (Phi) is 2.82. The van der Waals surface area contributed by atoms with Crippen LogP contribution in [0.2, 0.25) is 0 Å². The monoisotopic (exact) mass is 208 g/mol. The third-order valence-electron chi connectivity index (χ3n) is 1.82. The number of hydrogen-bond donors (Lipinski definition) is 0. The summed E-state index contributed by atoms with van der Waals surface area (Å²) in [7, 11) is 1.35. The van der Waals surface area contributed by atoms with Gasteiger partial charge in [-0.05, 0) is 5.82 Å². The van der Waals surface area contributed by atoms with Crippen molar-refractivity contribution in [2.75, 3.05) is 0 Å². The normalized spacial score (nSPS) is 13.0. The fourth-order valence-corrected chi connectivity index (χ4v) is 1.13. The van der Waals surface area contributed by atoms with E-state index in [-0.39, 0.29) is 0 Å². The van der Waals surface area contributed by atoms with Crippen molar-refractivity contribution < 1.29 is 22.0 Å². The molecule has 0 nitrogen and oxygen atoms in total. The Bertz CT molecular complexity index is 345. The number of hydrogen-bond acceptors (Lipinski definition) is 0. The van der Waals surface area contributed by atoms with E-state index in [1.54, 1.807) is 0 Å². The Morgan fingerprint density at radius 1 is 0.786 bits per heavy atom. The second kappa shape index (κ2) is 3.59. The summed E-state index contributed by atoms with van der Waals surface area (Å²) >= 11 is 0. The van der Waals surface area contributed by atoms with Crippen molar-refractivity contribution in [1.29, 1.82) is 0 Å². The van der Waals surface area contributed by atoms with Crippen LogP contribution in [-0.4, -0.2) is 7.85 Å². The molecule has 0 amide bonds. The Morgan fingerprint density at radius 2 is 1.07 bits per heavy atom. The molecule has 0 aliphatic heterocycles. The van der Waals surface area contributed by atoms with Crippen LogP contribution in [0, 0.1) is 29.1 Å². The Hall–Kier alpha value is -1.07. The average molecular weight is 208 g/mol. The fraction of sp³-hybridized carbons (Fsp3) is 0.250. The smallest absolute Gasteiger partial charge is 0.200 e. The van der Waals surface area contributed by atoms with Crippen LogP contribution in [0.3, 0.4) is 0 Å². The zero-order chi connectivity index (χ0) is 11.0. The van der Waals surface area contributed by atoms with Gasteiger partial charge in [-0.2, -0.15) is 0 Å². The lowest BCUT2D eigenvalue weighted by Crippen LogP contribution is -2.09. The molecule has 0 aliphatic carbocycles. The molecule has 1 aromatic carbocycles. The van der Waals surface area contributed by atoms with E-state index in [9.17, 15) is 22.0 Å². The molecule has 1 rings (SSSR count). The molecule has 0 bridgehead atoms. The minimum atomic E-state index is -2.12. The van der Waals surface area contributed by atoms with Crippen LogP contribution in [0.4, 0.5) is 22.0 Å². The van der Waals surface area contributed by atoms with Gasteiger partial charge in [0.1, 0.15) is 7.85 Å². The lowest BCUT2D eigenvalue weighted by molar-refractivity contribution is 0.370. The molecule has 0 aliphatic rings. The molecule has 0 saturated heterocycles. The van der Waals surface area contributed by atoms with Gasteiger partial charge in [0.05, 0.1) is 0 Å². The van der Waals surface area contributed by atoms with Crippen molar-refractivity contribution in [1.82, 2.24) is 0 Å². The standard InChI is InChI=1S/C8H6BF5/c1-2(9)3-4(10)6(12)8(14)7(13)5(3)11/h2H,9H2,1H3. The van der Waals surface area contributed by atoms with Crippen LogP contribution < -0.4 is 0 Å². The van der Waals surface area contributed by atoms with Gasteiger partial charge < -0.3 is 0 Å². The highest BCUT2D eigenvalue weighted by atomic mass is 19.2. The van der Waals surface area contributed by atoms with E-state index in [0.29, 0.717) is 0 Å². The maximum absolute atomic E-state index is 12.9. The molecule has 0 radical (unpaired) electrons. The highest BCUT2D eigenvalue weighted by Crippen LogP contribution is 2.26. The van der Waals surface area contributed by atoms with Gasteiger partial charge in [0.2, 0.25) is 5.82 Å². The SMILES string of the molecule is BC(C)c1c(F)c(F)c(F)c(F)c1F. The van der Waals surface area contributed by atoms with E-state index < -0.39 is 40.5 Å². The molecule has 14 heavy (non-hydrogen) atoms. The fourth-order valence-electron chi connectivity index (χ4n) is 1.13. The van der Waals surface area contributed by atoms with Gasteiger partial charge in [0.25, 0.3) is 0 Å². The second-order valence-corrected chi connectivity index (χ2v) is 3.14. The maximum atomic E-state index is 12.9. The van der Waals surface area contributed by atoms with Crippen LogP contribution in [0.25, 0.3) is 0 Å². The second-order valence-electron chi connectivity index (χ2n) is 3.14. The first-order chi connectivity index (χ1) is 6.37. The quantitative estimate of drug-likeness (QED) is 0.287. The van der Waals surface area contributed by atoms with Gasteiger partial charge in [0.15, 0.2) is 23.3 Å². The average Bonchev–Trinajstić information content (AvgIpc) is 2.11. The van der Waals surface area contributed by atoms with Crippen molar-refractivity contribution in [2.24, 2.45) is 0 Å². The first-order valence-corrected chi connectivity index (χ1v) is 3.89. The van der Waals surface area contributed by atoms with Gasteiger partial charge in [0, 0.05) is 5.56 Å². The predicted molar refractivity (Wildman–Crippen MR) is 43.2 cm³/mol. The largest absolute Gasteiger partial charge is 0.203 e. The van der Waals surface area contributed by atoms with Crippen LogP contribution >= 0.6 is 0 Å². The van der Waals surface area contributed by atoms with Gasteiger partial charge in [-0.25, -0.2) is 22.0 Å². The highest BCUT2D eigenvalue weighted by molar-refractivity contribution is 6.12. The molecule has 0 aromatic heterocycles. The zero-order valence-corrected chi connectivity index (χ0v) is 7.47. The first-order valence-electron chi connectivity index (χ1n) is 3.89. The molecule has 76 valence electrons. The van der Waals surface area contributed by atoms with Gasteiger partial charge in [-0.15, -0.1) is 0 Å². The molecule has 0 heterocycles. The molecule has 1 aromatic rings. The van der Waals surface area contributed by atoms with Gasteiger partial charge in [-0.3, -0.25) is 0 Å². The van der Waals surface area contributed by atoms with Crippen molar-refractivity contribution in [3.05, 3.63) is 34.6 Å². The highest BCUT2D eigenvalue weighted by Gasteiger charge is 2.26. The summed E-state index contributed by atoms with van der Waals surface area (Å²) in [6.07, 6.45) is 0.